The largest absolute Gasteiger partial charge is 0.354 e. The van der Waals surface area contributed by atoms with Gasteiger partial charge in [0.25, 0.3) is 0 Å². The van der Waals surface area contributed by atoms with Gasteiger partial charge in [0, 0.05) is 25.6 Å². The highest BCUT2D eigenvalue weighted by Gasteiger charge is 2.20. The lowest BCUT2D eigenvalue weighted by molar-refractivity contribution is -0.128. The first-order chi connectivity index (χ1) is 8.69. The van der Waals surface area contributed by atoms with Crippen molar-refractivity contribution < 1.29 is 9.59 Å². The molecule has 0 aliphatic carbocycles. The number of hydrogen-bond donors (Lipinski definition) is 1. The van der Waals surface area contributed by atoms with E-state index in [4.69, 9.17) is 0 Å². The molecule has 0 aromatic carbocycles. The van der Waals surface area contributed by atoms with Crippen molar-refractivity contribution in [2.75, 3.05) is 13.1 Å². The summed E-state index contributed by atoms with van der Waals surface area (Å²) in [5.41, 5.74) is 0.00581. The molecule has 4 nitrogen and oxygen atoms in total. The van der Waals surface area contributed by atoms with E-state index in [1.165, 1.54) is 6.08 Å². The van der Waals surface area contributed by atoms with Gasteiger partial charge in [-0.05, 0) is 24.8 Å². The maximum absolute atomic E-state index is 11.8. The van der Waals surface area contributed by atoms with Crippen LogP contribution in [0.4, 0.5) is 0 Å². The van der Waals surface area contributed by atoms with Crippen molar-refractivity contribution in [2.24, 2.45) is 5.41 Å². The second kappa shape index (κ2) is 7.97. The Labute approximate surface area is 117 Å². The molecular formula is C15H28N2O2. The van der Waals surface area contributed by atoms with Crippen LogP contribution in [-0.4, -0.2) is 35.8 Å². The molecule has 0 rings (SSSR count). The van der Waals surface area contributed by atoms with Crippen LogP contribution in [0.15, 0.2) is 12.7 Å². The Hall–Kier alpha value is -1.32. The minimum absolute atomic E-state index is 0.00581. The Morgan fingerprint density at radius 3 is 2.37 bits per heavy atom. The molecule has 110 valence electrons. The van der Waals surface area contributed by atoms with Crippen LogP contribution in [0.3, 0.4) is 0 Å². The monoisotopic (exact) mass is 268 g/mol. The van der Waals surface area contributed by atoms with Crippen LogP contribution in [0.1, 0.15) is 47.5 Å². The fourth-order valence-electron chi connectivity index (χ4n) is 1.65. The fraction of sp³-hybridized carbons (Fsp3) is 0.733. The van der Waals surface area contributed by atoms with Crippen molar-refractivity contribution in [2.45, 2.75) is 53.5 Å². The number of amides is 2. The van der Waals surface area contributed by atoms with Crippen LogP contribution in [0.2, 0.25) is 0 Å². The van der Waals surface area contributed by atoms with Gasteiger partial charge in [-0.15, -0.1) is 0 Å². The number of carbonyl (C=O) groups excluding carboxylic acids is 2. The number of rotatable bonds is 7. The predicted octanol–water partition coefficient (Wildman–Crippen LogP) is 2.35. The Morgan fingerprint density at radius 1 is 1.37 bits per heavy atom. The molecule has 0 aliphatic heterocycles. The van der Waals surface area contributed by atoms with Crippen LogP contribution in [0.25, 0.3) is 0 Å². The zero-order chi connectivity index (χ0) is 15.1. The van der Waals surface area contributed by atoms with Crippen molar-refractivity contribution in [1.82, 2.24) is 10.2 Å². The molecule has 4 heteroatoms. The minimum Gasteiger partial charge on any atom is -0.354 e. The van der Waals surface area contributed by atoms with Crippen molar-refractivity contribution in [3.05, 3.63) is 12.7 Å². The maximum atomic E-state index is 11.8. The topological polar surface area (TPSA) is 49.4 Å². The average Bonchev–Trinajstić information content (AvgIpc) is 2.31. The first-order valence-corrected chi connectivity index (χ1v) is 6.90. The highest BCUT2D eigenvalue weighted by atomic mass is 16.2. The molecule has 19 heavy (non-hydrogen) atoms. The lowest BCUT2D eigenvalue weighted by atomic mass is 9.96. The number of nitrogens with zero attached hydrogens (tertiary/aromatic N) is 1. The van der Waals surface area contributed by atoms with Gasteiger partial charge in [0.2, 0.25) is 11.8 Å². The molecule has 0 bridgehead atoms. The van der Waals surface area contributed by atoms with Crippen molar-refractivity contribution >= 4 is 11.8 Å². The van der Waals surface area contributed by atoms with Gasteiger partial charge >= 0.3 is 0 Å². The van der Waals surface area contributed by atoms with Gasteiger partial charge in [0.15, 0.2) is 0 Å². The summed E-state index contributed by atoms with van der Waals surface area (Å²) in [5, 5.41) is 2.90. The van der Waals surface area contributed by atoms with Crippen molar-refractivity contribution in [3.63, 3.8) is 0 Å². The third-order valence-electron chi connectivity index (χ3n) is 2.78. The average molecular weight is 268 g/mol. The molecule has 1 unspecified atom stereocenters. The molecular weight excluding hydrogens is 240 g/mol. The second-order valence-corrected chi connectivity index (χ2v) is 6.15. The SMILES string of the molecule is C=CC(=O)N(CCC(=O)NC(C)CC)CC(C)(C)C. The molecule has 0 saturated carbocycles. The zero-order valence-corrected chi connectivity index (χ0v) is 13.0. The summed E-state index contributed by atoms with van der Waals surface area (Å²) in [6, 6.07) is 0.179. The quantitative estimate of drug-likeness (QED) is 0.721. The Bertz CT molecular complexity index is 319. The van der Waals surface area contributed by atoms with E-state index in [0.717, 1.165) is 6.42 Å². The number of hydrogen-bond acceptors (Lipinski definition) is 2. The third-order valence-corrected chi connectivity index (χ3v) is 2.78. The number of carbonyl (C=O) groups is 2. The van der Waals surface area contributed by atoms with Crippen LogP contribution in [-0.2, 0) is 9.59 Å². The van der Waals surface area contributed by atoms with Gasteiger partial charge < -0.3 is 10.2 Å². The van der Waals surface area contributed by atoms with Crippen molar-refractivity contribution in [1.29, 1.82) is 0 Å². The molecule has 0 aromatic heterocycles. The minimum atomic E-state index is -0.119. The lowest BCUT2D eigenvalue weighted by Gasteiger charge is -2.29. The Balaban J connectivity index is 4.38. The van der Waals surface area contributed by atoms with Gasteiger partial charge in [0.1, 0.15) is 0 Å². The molecule has 0 fully saturated rings. The molecule has 0 aromatic rings. The fourth-order valence-corrected chi connectivity index (χ4v) is 1.65. The summed E-state index contributed by atoms with van der Waals surface area (Å²) in [7, 11) is 0. The van der Waals surface area contributed by atoms with Crippen LogP contribution < -0.4 is 5.32 Å². The standard InChI is InChI=1S/C15H28N2O2/c1-7-12(3)16-13(18)9-10-17(14(19)8-2)11-15(4,5)6/h8,12H,2,7,9-11H2,1,3-6H3,(H,16,18). The van der Waals surface area contributed by atoms with E-state index >= 15 is 0 Å². The number of nitrogens with one attached hydrogen (secondary N) is 1. The van der Waals surface area contributed by atoms with Crippen LogP contribution in [0, 0.1) is 5.41 Å². The van der Waals surface area contributed by atoms with Gasteiger partial charge in [-0.3, -0.25) is 9.59 Å². The smallest absolute Gasteiger partial charge is 0.245 e. The summed E-state index contributed by atoms with van der Waals surface area (Å²) in [5.74, 6) is -0.128. The van der Waals surface area contributed by atoms with Gasteiger partial charge in [-0.25, -0.2) is 0 Å². The van der Waals surface area contributed by atoms with E-state index in [1.54, 1.807) is 4.90 Å². The van der Waals surface area contributed by atoms with Gasteiger partial charge in [0.05, 0.1) is 0 Å². The van der Waals surface area contributed by atoms with E-state index < -0.39 is 0 Å². The summed E-state index contributed by atoms with van der Waals surface area (Å²) in [6.45, 7) is 14.8. The Morgan fingerprint density at radius 2 is 1.95 bits per heavy atom. The summed E-state index contributed by atoms with van der Waals surface area (Å²) < 4.78 is 0. The summed E-state index contributed by atoms with van der Waals surface area (Å²) in [4.78, 5) is 25.2. The van der Waals surface area contributed by atoms with Crippen LogP contribution >= 0.6 is 0 Å². The maximum Gasteiger partial charge on any atom is 0.245 e. The van der Waals surface area contributed by atoms with E-state index in [-0.39, 0.29) is 23.3 Å². The van der Waals surface area contributed by atoms with Gasteiger partial charge in [-0.2, -0.15) is 0 Å². The molecule has 0 heterocycles. The van der Waals surface area contributed by atoms with Crippen LogP contribution in [0.5, 0.6) is 0 Å². The lowest BCUT2D eigenvalue weighted by Crippen LogP contribution is -2.40. The molecule has 1 atom stereocenters. The highest BCUT2D eigenvalue weighted by molar-refractivity contribution is 5.87. The molecule has 2 amide bonds. The Kier molecular flexibility index (Phi) is 7.42. The molecule has 0 spiro atoms. The summed E-state index contributed by atoms with van der Waals surface area (Å²) in [6.07, 6.45) is 2.54. The molecule has 0 saturated heterocycles. The third kappa shape index (κ3) is 8.41. The molecule has 0 radical (unpaired) electrons. The summed E-state index contributed by atoms with van der Waals surface area (Å²) >= 11 is 0. The van der Waals surface area contributed by atoms with E-state index in [0.29, 0.717) is 19.5 Å². The molecule has 1 N–H and O–H groups in total. The highest BCUT2D eigenvalue weighted by Crippen LogP contribution is 2.15. The van der Waals surface area contributed by atoms with Gasteiger partial charge in [-0.1, -0.05) is 34.3 Å². The van der Waals surface area contributed by atoms with Crippen molar-refractivity contribution in [3.8, 4) is 0 Å². The van der Waals surface area contributed by atoms with E-state index in [1.807, 2.05) is 13.8 Å². The first-order valence-electron chi connectivity index (χ1n) is 6.90. The predicted molar refractivity (Wildman–Crippen MR) is 78.7 cm³/mol. The van der Waals surface area contributed by atoms with E-state index in [2.05, 4.69) is 32.7 Å². The zero-order valence-electron chi connectivity index (χ0n) is 13.0. The first kappa shape index (κ1) is 17.7. The second-order valence-electron chi connectivity index (χ2n) is 6.15. The van der Waals surface area contributed by atoms with E-state index in [9.17, 15) is 9.59 Å². The molecule has 0 aliphatic rings. The normalized spacial score (nSPS) is 12.7.